The van der Waals surface area contributed by atoms with Crippen molar-refractivity contribution in [3.63, 3.8) is 0 Å². The number of hydrogen-bond donors (Lipinski definition) is 1. The molecule has 0 bridgehead atoms. The molecular weight excluding hydrogens is 398 g/mol. The van der Waals surface area contributed by atoms with Gasteiger partial charge in [0.05, 0.1) is 31.6 Å². The van der Waals surface area contributed by atoms with Crippen LogP contribution in [0.4, 0.5) is 5.69 Å². The van der Waals surface area contributed by atoms with E-state index in [0.717, 1.165) is 0 Å². The van der Waals surface area contributed by atoms with Crippen molar-refractivity contribution in [2.75, 3.05) is 18.9 Å². The summed E-state index contributed by atoms with van der Waals surface area (Å²) in [5.41, 5.74) is -0.243. The number of anilines is 1. The molecule has 4 rings (SSSR count). The Morgan fingerprint density at radius 2 is 1.83 bits per heavy atom. The van der Waals surface area contributed by atoms with Gasteiger partial charge in [-0.25, -0.2) is 8.42 Å². The summed E-state index contributed by atoms with van der Waals surface area (Å²) in [7, 11) is -1.33. The number of sulfonamides is 1. The van der Waals surface area contributed by atoms with Crippen LogP contribution in [-0.4, -0.2) is 22.6 Å². The third kappa shape index (κ3) is 3.09. The molecule has 9 heteroatoms. The van der Waals surface area contributed by atoms with E-state index >= 15 is 0 Å². The average molecular weight is 415 g/mol. The second kappa shape index (κ2) is 6.85. The number of furan rings is 1. The minimum atomic E-state index is -4.21. The highest BCUT2D eigenvalue weighted by molar-refractivity contribution is 7.93. The Labute approximate surface area is 165 Å². The van der Waals surface area contributed by atoms with E-state index in [0.29, 0.717) is 11.1 Å². The molecule has 0 amide bonds. The van der Waals surface area contributed by atoms with Gasteiger partial charge < -0.3 is 18.3 Å². The molecule has 150 valence electrons. The SMILES string of the molecule is COc1cccc(NS(=O)(=O)c2c3occc3c(OC)c3c(=O)cc(C)oc23)c1. The number of fused-ring (bicyclic) bond motifs is 2. The monoisotopic (exact) mass is 415 g/mol. The fourth-order valence-electron chi connectivity index (χ4n) is 3.24. The zero-order valence-electron chi connectivity index (χ0n) is 15.8. The van der Waals surface area contributed by atoms with Crippen LogP contribution in [0.1, 0.15) is 5.76 Å². The van der Waals surface area contributed by atoms with E-state index in [4.69, 9.17) is 18.3 Å². The van der Waals surface area contributed by atoms with Crippen molar-refractivity contribution in [2.45, 2.75) is 11.8 Å². The van der Waals surface area contributed by atoms with Crippen molar-refractivity contribution in [2.24, 2.45) is 0 Å². The summed E-state index contributed by atoms with van der Waals surface area (Å²) in [4.78, 5) is 12.4. The Hall–Kier alpha value is -3.46. The van der Waals surface area contributed by atoms with Crippen molar-refractivity contribution in [1.29, 1.82) is 0 Å². The maximum Gasteiger partial charge on any atom is 0.269 e. The highest BCUT2D eigenvalue weighted by atomic mass is 32.2. The van der Waals surface area contributed by atoms with Gasteiger partial charge in [0.15, 0.2) is 21.5 Å². The van der Waals surface area contributed by atoms with Crippen molar-refractivity contribution in [1.82, 2.24) is 0 Å². The second-order valence-electron chi connectivity index (χ2n) is 6.29. The Morgan fingerprint density at radius 3 is 2.55 bits per heavy atom. The molecule has 2 heterocycles. The normalized spacial score (nSPS) is 11.7. The quantitative estimate of drug-likeness (QED) is 0.530. The highest BCUT2D eigenvalue weighted by Gasteiger charge is 2.30. The Balaban J connectivity index is 2.06. The van der Waals surface area contributed by atoms with Gasteiger partial charge in [-0.05, 0) is 25.1 Å². The molecule has 29 heavy (non-hydrogen) atoms. The predicted molar refractivity (Wildman–Crippen MR) is 107 cm³/mol. The van der Waals surface area contributed by atoms with E-state index in [9.17, 15) is 13.2 Å². The van der Waals surface area contributed by atoms with Gasteiger partial charge in [0, 0.05) is 12.1 Å². The second-order valence-corrected chi connectivity index (χ2v) is 7.91. The predicted octanol–water partition coefficient (Wildman–Crippen LogP) is 3.67. The molecule has 4 aromatic rings. The summed E-state index contributed by atoms with van der Waals surface area (Å²) >= 11 is 0. The van der Waals surface area contributed by atoms with E-state index < -0.39 is 15.5 Å². The molecular formula is C20H17NO7S. The topological polar surface area (TPSA) is 108 Å². The van der Waals surface area contributed by atoms with Crippen molar-refractivity contribution >= 4 is 37.6 Å². The first kappa shape index (κ1) is 18.9. The average Bonchev–Trinajstić information content (AvgIpc) is 3.14. The Kier molecular flexibility index (Phi) is 4.46. The van der Waals surface area contributed by atoms with E-state index in [2.05, 4.69) is 4.72 Å². The maximum absolute atomic E-state index is 13.3. The maximum atomic E-state index is 13.3. The van der Waals surface area contributed by atoms with Crippen LogP contribution in [0.25, 0.3) is 21.9 Å². The number of methoxy groups -OCH3 is 2. The molecule has 0 aliphatic rings. The van der Waals surface area contributed by atoms with Crippen LogP contribution in [0.2, 0.25) is 0 Å². The first-order valence-electron chi connectivity index (χ1n) is 8.54. The van der Waals surface area contributed by atoms with Gasteiger partial charge in [-0.15, -0.1) is 0 Å². The van der Waals surface area contributed by atoms with Gasteiger partial charge in [-0.2, -0.15) is 0 Å². The lowest BCUT2D eigenvalue weighted by Crippen LogP contribution is -2.15. The van der Waals surface area contributed by atoms with Gasteiger partial charge >= 0.3 is 0 Å². The standard InChI is InChI=1S/C20H17NO7S/c1-11-9-15(22)16-17(26-3)14-7-8-27-18(14)20(19(16)28-11)29(23,24)21-12-5-4-6-13(10-12)25-2/h4-10,21H,1-3H3. The molecule has 1 N–H and O–H groups in total. The molecule has 2 aromatic heterocycles. The molecule has 0 spiro atoms. The van der Waals surface area contributed by atoms with E-state index in [1.54, 1.807) is 25.1 Å². The van der Waals surface area contributed by atoms with Crippen LogP contribution in [0.15, 0.2) is 61.2 Å². The van der Waals surface area contributed by atoms with Crippen molar-refractivity contribution in [3.05, 3.63) is 58.6 Å². The van der Waals surface area contributed by atoms with Gasteiger partial charge in [-0.1, -0.05) is 6.07 Å². The van der Waals surface area contributed by atoms with E-state index in [1.807, 2.05) is 0 Å². The third-order valence-corrected chi connectivity index (χ3v) is 5.83. The van der Waals surface area contributed by atoms with Crippen LogP contribution < -0.4 is 19.6 Å². The molecule has 2 aromatic carbocycles. The lowest BCUT2D eigenvalue weighted by Gasteiger charge is -2.13. The van der Waals surface area contributed by atoms with Crippen LogP contribution in [0, 0.1) is 6.92 Å². The minimum Gasteiger partial charge on any atom is -0.497 e. The van der Waals surface area contributed by atoms with Gasteiger partial charge in [-0.3, -0.25) is 9.52 Å². The van der Waals surface area contributed by atoms with Gasteiger partial charge in [0.25, 0.3) is 10.0 Å². The molecule has 0 atom stereocenters. The number of rotatable bonds is 5. The first-order valence-corrected chi connectivity index (χ1v) is 10.0. The van der Waals surface area contributed by atoms with Gasteiger partial charge in [0.1, 0.15) is 22.6 Å². The van der Waals surface area contributed by atoms with E-state index in [1.165, 1.54) is 38.7 Å². The zero-order chi connectivity index (χ0) is 20.8. The van der Waals surface area contributed by atoms with Crippen molar-refractivity contribution < 1.29 is 26.7 Å². The summed E-state index contributed by atoms with van der Waals surface area (Å²) in [6.45, 7) is 1.56. The fourth-order valence-corrected chi connectivity index (χ4v) is 4.56. The number of benzene rings is 2. The molecule has 0 unspecified atom stereocenters. The summed E-state index contributed by atoms with van der Waals surface area (Å²) in [5.74, 6) is 0.932. The van der Waals surface area contributed by atoms with Crippen LogP contribution in [-0.2, 0) is 10.0 Å². The molecule has 0 aliphatic carbocycles. The number of aryl methyl sites for hydroxylation is 1. The summed E-state index contributed by atoms with van der Waals surface area (Å²) in [6.07, 6.45) is 1.33. The lowest BCUT2D eigenvalue weighted by molar-refractivity contribution is 0.415. The Morgan fingerprint density at radius 1 is 1.03 bits per heavy atom. The van der Waals surface area contributed by atoms with Crippen LogP contribution >= 0.6 is 0 Å². The van der Waals surface area contributed by atoms with Crippen LogP contribution in [0.3, 0.4) is 0 Å². The Bertz CT molecular complexity index is 1400. The number of ether oxygens (including phenoxy) is 2. The fraction of sp³-hybridized carbons (Fsp3) is 0.150. The molecule has 0 radical (unpaired) electrons. The molecule has 0 fully saturated rings. The summed E-state index contributed by atoms with van der Waals surface area (Å²) in [6, 6.07) is 9.26. The molecule has 0 aliphatic heterocycles. The van der Waals surface area contributed by atoms with Crippen LogP contribution in [0.5, 0.6) is 11.5 Å². The lowest BCUT2D eigenvalue weighted by atomic mass is 10.1. The molecule has 8 nitrogen and oxygen atoms in total. The van der Waals surface area contributed by atoms with Gasteiger partial charge in [0.2, 0.25) is 0 Å². The smallest absolute Gasteiger partial charge is 0.269 e. The third-order valence-electron chi connectivity index (χ3n) is 4.42. The van der Waals surface area contributed by atoms with Crippen molar-refractivity contribution in [3.8, 4) is 11.5 Å². The summed E-state index contributed by atoms with van der Waals surface area (Å²) < 4.78 is 50.8. The first-order chi connectivity index (χ1) is 13.9. The molecule has 0 saturated carbocycles. The van der Waals surface area contributed by atoms with E-state index in [-0.39, 0.29) is 38.6 Å². The zero-order valence-corrected chi connectivity index (χ0v) is 16.6. The number of nitrogens with one attached hydrogen (secondary N) is 1. The highest BCUT2D eigenvalue weighted by Crippen LogP contribution is 2.40. The largest absolute Gasteiger partial charge is 0.497 e. The summed E-state index contributed by atoms with van der Waals surface area (Å²) in [5, 5.41) is 0.375. The number of hydrogen-bond acceptors (Lipinski definition) is 7. The minimum absolute atomic E-state index is 0.0259. The molecule has 0 saturated heterocycles.